The van der Waals surface area contributed by atoms with Crippen LogP contribution >= 0.6 is 15.9 Å². The summed E-state index contributed by atoms with van der Waals surface area (Å²) < 4.78 is 14.1. The second kappa shape index (κ2) is 15.7. The molecule has 1 aromatic heterocycles. The summed E-state index contributed by atoms with van der Waals surface area (Å²) in [6, 6.07) is 6.46. The monoisotopic (exact) mass is 728 g/mol. The Hall–Kier alpha value is -3.62. The van der Waals surface area contributed by atoms with Crippen molar-refractivity contribution in [1.82, 2.24) is 30.1 Å². The molecule has 3 amide bonds. The van der Waals surface area contributed by atoms with Crippen molar-refractivity contribution in [2.24, 2.45) is 11.8 Å². The maximum atomic E-state index is 14.7. The molecule has 1 unspecified atom stereocenters. The van der Waals surface area contributed by atoms with E-state index in [1.165, 1.54) is 0 Å². The van der Waals surface area contributed by atoms with Gasteiger partial charge in [-0.1, -0.05) is 58.3 Å². The minimum Gasteiger partial charge on any atom is -0.460 e. The summed E-state index contributed by atoms with van der Waals surface area (Å²) in [5.41, 5.74) is 0.189. The second-order valence-electron chi connectivity index (χ2n) is 12.8. The van der Waals surface area contributed by atoms with Gasteiger partial charge in [-0.05, 0) is 44.7 Å². The molecular formula is C34H45BrN6O7. The van der Waals surface area contributed by atoms with E-state index >= 15 is 0 Å². The highest BCUT2D eigenvalue weighted by Gasteiger charge is 2.77. The van der Waals surface area contributed by atoms with Crippen molar-refractivity contribution in [3.05, 3.63) is 49.6 Å². The Morgan fingerprint density at radius 3 is 2.75 bits per heavy atom. The van der Waals surface area contributed by atoms with E-state index in [1.54, 1.807) is 33.6 Å². The molecule has 2 N–H and O–H groups in total. The number of alkyl halides is 1. The number of allylic oxidation sites excluding steroid dienone is 1. The molecule has 1 spiro atoms. The van der Waals surface area contributed by atoms with Crippen LogP contribution in [0.1, 0.15) is 51.9 Å². The number of carbonyl (C=O) groups is 4. The van der Waals surface area contributed by atoms with Crippen molar-refractivity contribution < 1.29 is 33.8 Å². The van der Waals surface area contributed by atoms with Crippen LogP contribution in [0, 0.1) is 11.8 Å². The number of hydrogen-bond acceptors (Lipinski definition) is 9. The lowest BCUT2D eigenvalue weighted by molar-refractivity contribution is -0.159. The zero-order valence-electron chi connectivity index (χ0n) is 27.3. The Morgan fingerprint density at radius 1 is 1.23 bits per heavy atom. The number of rotatable bonds is 18. The molecule has 0 aliphatic carbocycles. The lowest BCUT2D eigenvalue weighted by Gasteiger charge is -2.37. The van der Waals surface area contributed by atoms with Gasteiger partial charge in [0.1, 0.15) is 29.9 Å². The van der Waals surface area contributed by atoms with E-state index in [2.05, 4.69) is 44.7 Å². The van der Waals surface area contributed by atoms with Gasteiger partial charge in [-0.25, -0.2) is 4.68 Å². The smallest absolute Gasteiger partial charge is 0.312 e. The Labute approximate surface area is 288 Å². The molecule has 260 valence electrons. The highest BCUT2D eigenvalue weighted by Crippen LogP contribution is 2.60. The number of ether oxygens (including phenoxy) is 2. The molecule has 5 rings (SSSR count). The SMILES string of the molecule is C=CCCC(=O)NC[C@@H](C)OC(=O)[C@@H]1[C@H]2O[C@@]3(CC2Br)[C@H](C(=O)N(CC=C)Cn2nnc4ccccc42)N(CCCCCCO)C(=O)[C@@H]13. The van der Waals surface area contributed by atoms with Crippen molar-refractivity contribution in [2.45, 2.75) is 87.2 Å². The predicted molar refractivity (Wildman–Crippen MR) is 180 cm³/mol. The van der Waals surface area contributed by atoms with E-state index in [0.717, 1.165) is 18.4 Å². The molecule has 0 radical (unpaired) electrons. The van der Waals surface area contributed by atoms with Gasteiger partial charge in [-0.3, -0.25) is 19.2 Å². The number of aromatic nitrogens is 3. The van der Waals surface area contributed by atoms with Crippen molar-refractivity contribution in [2.75, 3.05) is 26.2 Å². The second-order valence-corrected chi connectivity index (χ2v) is 14.0. The molecule has 7 atom stereocenters. The fraction of sp³-hybridized carbons (Fsp3) is 0.588. The summed E-state index contributed by atoms with van der Waals surface area (Å²) in [5.74, 6) is -3.26. The quantitative estimate of drug-likeness (QED) is 0.102. The normalized spacial score (nSPS) is 26.4. The van der Waals surface area contributed by atoms with Gasteiger partial charge in [-0.15, -0.1) is 18.3 Å². The average Bonchev–Trinajstić information content (AvgIpc) is 3.79. The zero-order chi connectivity index (χ0) is 34.4. The topological polar surface area (TPSA) is 156 Å². The minimum atomic E-state index is -1.26. The van der Waals surface area contributed by atoms with Crippen LogP contribution in [0.25, 0.3) is 11.0 Å². The lowest BCUT2D eigenvalue weighted by atomic mass is 9.70. The number of aliphatic hydroxyl groups excluding tert-OH is 1. The van der Waals surface area contributed by atoms with Crippen molar-refractivity contribution in [1.29, 1.82) is 0 Å². The van der Waals surface area contributed by atoms with E-state index in [9.17, 15) is 24.3 Å². The third-order valence-corrected chi connectivity index (χ3v) is 10.3. The first kappa shape index (κ1) is 35.7. The average molecular weight is 730 g/mol. The molecule has 2 aromatic rings. The molecule has 14 heteroatoms. The maximum Gasteiger partial charge on any atom is 0.312 e. The van der Waals surface area contributed by atoms with Crippen molar-refractivity contribution >= 4 is 50.7 Å². The third-order valence-electron chi connectivity index (χ3n) is 9.47. The van der Waals surface area contributed by atoms with Crippen molar-refractivity contribution in [3.8, 4) is 0 Å². The van der Waals surface area contributed by atoms with Crippen LogP contribution < -0.4 is 5.32 Å². The number of nitrogens with zero attached hydrogens (tertiary/aromatic N) is 5. The number of nitrogens with one attached hydrogen (secondary N) is 1. The molecule has 4 heterocycles. The van der Waals surface area contributed by atoms with E-state index in [1.807, 2.05) is 24.3 Å². The van der Waals surface area contributed by atoms with Crippen molar-refractivity contribution in [3.63, 3.8) is 0 Å². The summed E-state index contributed by atoms with van der Waals surface area (Å²) in [5, 5.41) is 20.5. The standard InChI is InChI=1S/C34H45BrN6O7/c1-4-6-15-26(43)36-20-22(3)47-33(46)27-28-31(44)40(17-11-7-8-12-18-42)30(34(28)19-23(35)29(27)48-34)32(45)39(16-5-2)21-41-25-14-10-9-13-24(25)37-38-41/h4-5,9-10,13-14,22-23,27-30,42H,1-2,6-8,11-12,15-21H2,3H3,(H,36,43)/t22-,23?,27+,28-,29+,30+,34-/m1/s1. The van der Waals surface area contributed by atoms with Gasteiger partial charge in [0, 0.05) is 30.9 Å². The number of fused-ring (bicyclic) bond motifs is 2. The predicted octanol–water partition coefficient (Wildman–Crippen LogP) is 2.72. The molecule has 3 fully saturated rings. The number of likely N-dealkylation sites (tertiary alicyclic amines) is 1. The highest BCUT2D eigenvalue weighted by molar-refractivity contribution is 9.09. The molecule has 48 heavy (non-hydrogen) atoms. The Balaban J connectivity index is 1.41. The molecular weight excluding hydrogens is 684 g/mol. The van der Waals surface area contributed by atoms with Crippen LogP contribution in [0.15, 0.2) is 49.6 Å². The molecule has 3 aliphatic rings. The Morgan fingerprint density at radius 2 is 2.00 bits per heavy atom. The molecule has 3 aliphatic heterocycles. The van der Waals surface area contributed by atoms with Gasteiger partial charge in [0.05, 0.1) is 30.0 Å². The minimum absolute atomic E-state index is 0.0732. The van der Waals surface area contributed by atoms with Crippen LogP contribution in [0.5, 0.6) is 0 Å². The van der Waals surface area contributed by atoms with Gasteiger partial charge >= 0.3 is 5.97 Å². The van der Waals surface area contributed by atoms with Crippen LogP contribution in [-0.2, 0) is 35.3 Å². The first-order chi connectivity index (χ1) is 23.2. The summed E-state index contributed by atoms with van der Waals surface area (Å²) in [6.07, 6.45) is 5.96. The number of benzene rings is 1. The summed E-state index contributed by atoms with van der Waals surface area (Å²) in [6.45, 7) is 9.94. The molecule has 1 aromatic carbocycles. The van der Waals surface area contributed by atoms with E-state index in [4.69, 9.17) is 9.47 Å². The first-order valence-electron chi connectivity index (χ1n) is 16.7. The van der Waals surface area contributed by atoms with Crippen LogP contribution in [0.4, 0.5) is 0 Å². The van der Waals surface area contributed by atoms with E-state index in [0.29, 0.717) is 37.7 Å². The Bertz CT molecular complexity index is 1520. The molecule has 2 bridgehead atoms. The number of amides is 3. The number of hydrogen-bond donors (Lipinski definition) is 2. The number of aliphatic hydroxyl groups is 1. The van der Waals surface area contributed by atoms with Gasteiger partial charge in [0.25, 0.3) is 0 Å². The summed E-state index contributed by atoms with van der Waals surface area (Å²) in [4.78, 5) is 57.9. The maximum absolute atomic E-state index is 14.7. The number of carbonyl (C=O) groups excluding carboxylic acids is 4. The summed E-state index contributed by atoms with van der Waals surface area (Å²) >= 11 is 3.70. The number of halogens is 1. The van der Waals surface area contributed by atoms with Gasteiger partial charge < -0.3 is 29.7 Å². The summed E-state index contributed by atoms with van der Waals surface area (Å²) in [7, 11) is 0. The van der Waals surface area contributed by atoms with Gasteiger partial charge in [0.15, 0.2) is 0 Å². The number of para-hydroxylation sites is 1. The highest BCUT2D eigenvalue weighted by atomic mass is 79.9. The number of esters is 1. The number of unbranched alkanes of at least 4 members (excludes halogenated alkanes) is 3. The fourth-order valence-corrected chi connectivity index (χ4v) is 8.24. The molecule has 0 saturated carbocycles. The lowest BCUT2D eigenvalue weighted by Crippen LogP contribution is -2.57. The van der Waals surface area contributed by atoms with Crippen LogP contribution in [0.3, 0.4) is 0 Å². The van der Waals surface area contributed by atoms with E-state index < -0.39 is 41.7 Å². The van der Waals surface area contributed by atoms with Gasteiger partial charge in [-0.2, -0.15) is 0 Å². The molecule has 13 nitrogen and oxygen atoms in total. The fourth-order valence-electron chi connectivity index (χ4n) is 7.29. The first-order valence-corrected chi connectivity index (χ1v) is 17.6. The Kier molecular flexibility index (Phi) is 11.7. The third kappa shape index (κ3) is 7.06. The molecule has 3 saturated heterocycles. The van der Waals surface area contributed by atoms with Crippen LogP contribution in [-0.4, -0.2) is 109 Å². The zero-order valence-corrected chi connectivity index (χ0v) is 28.9. The van der Waals surface area contributed by atoms with Gasteiger partial charge in [0.2, 0.25) is 17.7 Å². The largest absolute Gasteiger partial charge is 0.460 e. The van der Waals surface area contributed by atoms with E-state index in [-0.39, 0.29) is 55.3 Å². The van der Waals surface area contributed by atoms with Crippen LogP contribution in [0.2, 0.25) is 0 Å².